The number of nitrogens with zero attached hydrogens (tertiary/aromatic N) is 2. The highest BCUT2D eigenvalue weighted by Crippen LogP contribution is 2.29. The molecule has 1 aliphatic rings. The third-order valence-electron chi connectivity index (χ3n) is 3.52. The van der Waals surface area contributed by atoms with Gasteiger partial charge in [-0.3, -0.25) is 9.69 Å². The molecule has 1 fully saturated rings. The van der Waals surface area contributed by atoms with Crippen LogP contribution in [0.5, 0.6) is 0 Å². The summed E-state index contributed by atoms with van der Waals surface area (Å²) in [5.41, 5.74) is 0. The molecule has 0 saturated heterocycles. The minimum Gasteiger partial charge on any atom is -0.360 e. The smallest absolute Gasteiger partial charge is 0.226 e. The number of anilines is 1. The highest BCUT2D eigenvalue weighted by Gasteiger charge is 2.29. The van der Waals surface area contributed by atoms with E-state index in [9.17, 15) is 4.79 Å². The monoisotopic (exact) mass is 305 g/mol. The molecule has 1 saturated carbocycles. The van der Waals surface area contributed by atoms with E-state index in [1.54, 1.807) is 24.3 Å². The molecule has 0 unspecified atom stereocenters. The number of hydrogen-bond acceptors (Lipinski definition) is 5. The third kappa shape index (κ3) is 4.15. The first-order chi connectivity index (χ1) is 10.2. The normalized spacial score (nSPS) is 14.6. The van der Waals surface area contributed by atoms with E-state index in [1.807, 2.05) is 0 Å². The first-order valence-electron chi connectivity index (χ1n) is 7.20. The highest BCUT2D eigenvalue weighted by molar-refractivity contribution is 7.09. The number of carbonyl (C=O) groups excluding carboxylic acids is 1. The predicted octanol–water partition coefficient (Wildman–Crippen LogP) is 3.04. The Kier molecular flexibility index (Phi) is 4.36. The lowest BCUT2D eigenvalue weighted by Crippen LogP contribution is -2.29. The fraction of sp³-hybridized carbons (Fsp3) is 0.467. The summed E-state index contributed by atoms with van der Waals surface area (Å²) in [6.07, 6.45) is 2.97. The van der Waals surface area contributed by atoms with Gasteiger partial charge in [-0.05, 0) is 31.2 Å². The van der Waals surface area contributed by atoms with Gasteiger partial charge in [-0.15, -0.1) is 11.3 Å². The summed E-state index contributed by atoms with van der Waals surface area (Å²) in [7, 11) is 0. The molecule has 1 aliphatic carbocycles. The predicted molar refractivity (Wildman–Crippen MR) is 82.2 cm³/mol. The second kappa shape index (κ2) is 6.41. The largest absolute Gasteiger partial charge is 0.360 e. The van der Waals surface area contributed by atoms with E-state index >= 15 is 0 Å². The average Bonchev–Trinajstić information content (AvgIpc) is 3.03. The number of thiophene rings is 1. The first kappa shape index (κ1) is 14.3. The van der Waals surface area contributed by atoms with Crippen molar-refractivity contribution in [2.24, 2.45) is 0 Å². The Balaban J connectivity index is 1.48. The van der Waals surface area contributed by atoms with Crippen molar-refractivity contribution in [2.75, 3.05) is 11.9 Å². The van der Waals surface area contributed by atoms with Gasteiger partial charge < -0.3 is 9.84 Å². The van der Waals surface area contributed by atoms with Crippen LogP contribution in [-0.4, -0.2) is 28.6 Å². The van der Waals surface area contributed by atoms with Crippen LogP contribution in [0.3, 0.4) is 0 Å². The van der Waals surface area contributed by atoms with Crippen LogP contribution in [-0.2, 0) is 11.3 Å². The number of carbonyl (C=O) groups is 1. The van der Waals surface area contributed by atoms with Gasteiger partial charge >= 0.3 is 0 Å². The minimum atomic E-state index is -0.0138. The van der Waals surface area contributed by atoms with E-state index in [1.165, 1.54) is 17.7 Å². The molecule has 21 heavy (non-hydrogen) atoms. The van der Waals surface area contributed by atoms with Crippen molar-refractivity contribution in [1.29, 1.82) is 0 Å². The number of amides is 1. The van der Waals surface area contributed by atoms with Crippen molar-refractivity contribution in [3.05, 3.63) is 34.2 Å². The molecule has 0 spiro atoms. The first-order valence-corrected chi connectivity index (χ1v) is 8.08. The molecule has 5 nitrogen and oxygen atoms in total. The van der Waals surface area contributed by atoms with E-state index in [-0.39, 0.29) is 5.91 Å². The Bertz CT molecular complexity index is 590. The van der Waals surface area contributed by atoms with E-state index in [0.717, 1.165) is 13.1 Å². The fourth-order valence-corrected chi connectivity index (χ4v) is 3.04. The molecule has 2 aromatic heterocycles. The van der Waals surface area contributed by atoms with Crippen molar-refractivity contribution < 1.29 is 9.32 Å². The molecular formula is C15H19N3O2S. The molecule has 0 atom stereocenters. The summed E-state index contributed by atoms with van der Waals surface area (Å²) in [5, 5.41) is 8.64. The topological polar surface area (TPSA) is 58.4 Å². The molecule has 3 rings (SSSR count). The Labute approximate surface area is 127 Å². The van der Waals surface area contributed by atoms with Crippen molar-refractivity contribution in [3.8, 4) is 0 Å². The second-order valence-corrected chi connectivity index (χ2v) is 6.43. The maximum absolute atomic E-state index is 12.0. The summed E-state index contributed by atoms with van der Waals surface area (Å²) < 4.78 is 4.94. The summed E-state index contributed by atoms with van der Waals surface area (Å²) in [6.45, 7) is 3.53. The van der Waals surface area contributed by atoms with Gasteiger partial charge in [-0.1, -0.05) is 11.2 Å². The maximum atomic E-state index is 12.0. The zero-order valence-corrected chi connectivity index (χ0v) is 12.9. The van der Waals surface area contributed by atoms with Crippen LogP contribution >= 0.6 is 11.3 Å². The van der Waals surface area contributed by atoms with Gasteiger partial charge in [-0.25, -0.2) is 0 Å². The fourth-order valence-electron chi connectivity index (χ4n) is 2.31. The van der Waals surface area contributed by atoms with Gasteiger partial charge in [-0.2, -0.15) is 0 Å². The number of nitrogens with one attached hydrogen (secondary N) is 1. The summed E-state index contributed by atoms with van der Waals surface area (Å²) in [6, 6.07) is 6.60. The van der Waals surface area contributed by atoms with Gasteiger partial charge in [0.1, 0.15) is 5.76 Å². The molecular weight excluding hydrogens is 286 g/mol. The van der Waals surface area contributed by atoms with E-state index < -0.39 is 0 Å². The Morgan fingerprint density at radius 1 is 1.57 bits per heavy atom. The van der Waals surface area contributed by atoms with Gasteiger partial charge in [0.05, 0.1) is 0 Å². The number of hydrogen-bond donors (Lipinski definition) is 1. The molecule has 2 heterocycles. The van der Waals surface area contributed by atoms with Crippen LogP contribution < -0.4 is 5.32 Å². The number of aryl methyl sites for hydroxylation is 1. The van der Waals surface area contributed by atoms with E-state index in [4.69, 9.17) is 4.52 Å². The van der Waals surface area contributed by atoms with Gasteiger partial charge in [0.15, 0.2) is 5.82 Å². The molecule has 2 aromatic rings. The second-order valence-electron chi connectivity index (χ2n) is 5.40. The molecule has 1 amide bonds. The Hall–Kier alpha value is -1.66. The Morgan fingerprint density at radius 3 is 3.05 bits per heavy atom. The van der Waals surface area contributed by atoms with Crippen molar-refractivity contribution in [2.45, 2.75) is 38.8 Å². The van der Waals surface area contributed by atoms with Crippen LogP contribution in [0.15, 0.2) is 28.1 Å². The number of rotatable bonds is 7. The van der Waals surface area contributed by atoms with E-state index in [0.29, 0.717) is 24.0 Å². The number of aromatic nitrogens is 1. The zero-order chi connectivity index (χ0) is 14.7. The summed E-state index contributed by atoms with van der Waals surface area (Å²) >= 11 is 1.77. The highest BCUT2D eigenvalue weighted by atomic mass is 32.1. The van der Waals surface area contributed by atoms with Crippen molar-refractivity contribution >= 4 is 23.1 Å². The van der Waals surface area contributed by atoms with Crippen molar-refractivity contribution in [1.82, 2.24) is 10.1 Å². The molecule has 6 heteroatoms. The average molecular weight is 305 g/mol. The lowest BCUT2D eigenvalue weighted by Gasteiger charge is -2.20. The maximum Gasteiger partial charge on any atom is 0.226 e. The summed E-state index contributed by atoms with van der Waals surface area (Å²) in [5.74, 6) is 1.18. The third-order valence-corrected chi connectivity index (χ3v) is 4.38. The Morgan fingerprint density at radius 2 is 2.43 bits per heavy atom. The zero-order valence-electron chi connectivity index (χ0n) is 12.0. The van der Waals surface area contributed by atoms with Gasteiger partial charge in [0.25, 0.3) is 0 Å². The van der Waals surface area contributed by atoms with Crippen LogP contribution in [0.1, 0.15) is 29.9 Å². The molecule has 0 bridgehead atoms. The standard InChI is InChI=1S/C15H19N3O2S/c1-11-9-14(17-20-11)16-15(19)6-7-18(12-4-5-12)10-13-3-2-8-21-13/h2-3,8-9,12H,4-7,10H2,1H3,(H,16,17,19). The van der Waals surface area contributed by atoms with Gasteiger partial charge in [0.2, 0.25) is 5.91 Å². The van der Waals surface area contributed by atoms with Crippen molar-refractivity contribution in [3.63, 3.8) is 0 Å². The van der Waals surface area contributed by atoms with E-state index in [2.05, 4.69) is 32.9 Å². The van der Waals surface area contributed by atoms with Crippen LogP contribution in [0.2, 0.25) is 0 Å². The lowest BCUT2D eigenvalue weighted by molar-refractivity contribution is -0.116. The summed E-state index contributed by atoms with van der Waals surface area (Å²) in [4.78, 5) is 15.7. The lowest BCUT2D eigenvalue weighted by atomic mass is 10.3. The SMILES string of the molecule is Cc1cc(NC(=O)CCN(Cc2cccs2)C2CC2)no1. The van der Waals surface area contributed by atoms with Gasteiger partial charge in [0, 0.05) is 36.5 Å². The van der Waals surface area contributed by atoms with Crippen LogP contribution in [0.25, 0.3) is 0 Å². The molecule has 0 aromatic carbocycles. The molecule has 0 radical (unpaired) electrons. The molecule has 1 N–H and O–H groups in total. The minimum absolute atomic E-state index is 0.0138. The van der Waals surface area contributed by atoms with Crippen LogP contribution in [0.4, 0.5) is 5.82 Å². The molecule has 112 valence electrons. The quantitative estimate of drug-likeness (QED) is 0.854. The van der Waals surface area contributed by atoms with Crippen LogP contribution in [0, 0.1) is 6.92 Å². The molecule has 0 aliphatic heterocycles.